The molecule has 0 heterocycles. The third kappa shape index (κ3) is 5.04. The number of benzene rings is 1. The van der Waals surface area contributed by atoms with Crippen LogP contribution in [0.3, 0.4) is 0 Å². The first kappa shape index (κ1) is 13.6. The second kappa shape index (κ2) is 7.75. The molecule has 1 aromatic rings. The molecular formula is C14H23NS. The van der Waals surface area contributed by atoms with Crippen LogP contribution in [0.15, 0.2) is 30.3 Å². The minimum atomic E-state index is 0.486. The van der Waals surface area contributed by atoms with Crippen molar-refractivity contribution < 1.29 is 0 Å². The summed E-state index contributed by atoms with van der Waals surface area (Å²) in [6.45, 7) is 7.77. The van der Waals surface area contributed by atoms with Crippen LogP contribution in [0.5, 0.6) is 0 Å². The molecule has 90 valence electrons. The SMILES string of the molecule is CCN(CC)CC(S)CCc1ccccc1. The number of hydrogen-bond acceptors (Lipinski definition) is 2. The molecule has 0 aliphatic heterocycles. The van der Waals surface area contributed by atoms with Gasteiger partial charge in [-0.15, -0.1) is 0 Å². The Bertz CT molecular complexity index is 269. The van der Waals surface area contributed by atoms with Gasteiger partial charge < -0.3 is 4.90 Å². The van der Waals surface area contributed by atoms with E-state index in [0.29, 0.717) is 5.25 Å². The van der Waals surface area contributed by atoms with Crippen LogP contribution in [0.25, 0.3) is 0 Å². The summed E-state index contributed by atoms with van der Waals surface area (Å²) in [6, 6.07) is 10.7. The highest BCUT2D eigenvalue weighted by atomic mass is 32.1. The zero-order valence-corrected chi connectivity index (χ0v) is 11.3. The zero-order chi connectivity index (χ0) is 11.8. The van der Waals surface area contributed by atoms with Gasteiger partial charge in [0.2, 0.25) is 0 Å². The van der Waals surface area contributed by atoms with Crippen molar-refractivity contribution >= 4 is 12.6 Å². The Morgan fingerprint density at radius 1 is 1.12 bits per heavy atom. The van der Waals surface area contributed by atoms with Gasteiger partial charge in [0.15, 0.2) is 0 Å². The molecule has 0 saturated heterocycles. The Morgan fingerprint density at radius 2 is 1.75 bits per heavy atom. The number of aryl methyl sites for hydroxylation is 1. The van der Waals surface area contributed by atoms with Crippen molar-refractivity contribution in [3.8, 4) is 0 Å². The molecule has 0 saturated carbocycles. The van der Waals surface area contributed by atoms with Gasteiger partial charge in [0.25, 0.3) is 0 Å². The van der Waals surface area contributed by atoms with Crippen LogP contribution in [0.1, 0.15) is 25.8 Å². The summed E-state index contributed by atoms with van der Waals surface area (Å²) in [5.41, 5.74) is 1.42. The average molecular weight is 237 g/mol. The highest BCUT2D eigenvalue weighted by Crippen LogP contribution is 2.10. The van der Waals surface area contributed by atoms with Gasteiger partial charge in [-0.1, -0.05) is 44.2 Å². The fourth-order valence-corrected chi connectivity index (χ4v) is 2.21. The van der Waals surface area contributed by atoms with E-state index in [1.807, 2.05) is 0 Å². The fourth-order valence-electron chi connectivity index (χ4n) is 1.85. The van der Waals surface area contributed by atoms with Crippen LogP contribution in [0, 0.1) is 0 Å². The number of rotatable bonds is 7. The summed E-state index contributed by atoms with van der Waals surface area (Å²) in [5, 5.41) is 0.486. The fraction of sp³-hybridized carbons (Fsp3) is 0.571. The quantitative estimate of drug-likeness (QED) is 0.712. The molecule has 2 heteroatoms. The van der Waals surface area contributed by atoms with E-state index in [1.165, 1.54) is 5.56 Å². The van der Waals surface area contributed by atoms with Gasteiger partial charge in [-0.3, -0.25) is 0 Å². The lowest BCUT2D eigenvalue weighted by atomic mass is 10.1. The lowest BCUT2D eigenvalue weighted by Crippen LogP contribution is -2.30. The molecule has 1 nitrogen and oxygen atoms in total. The number of thiol groups is 1. The number of hydrogen-bond donors (Lipinski definition) is 1. The smallest absolute Gasteiger partial charge is 0.0147 e. The van der Waals surface area contributed by atoms with E-state index in [2.05, 4.69) is 61.7 Å². The van der Waals surface area contributed by atoms with Crippen LogP contribution in [0.2, 0.25) is 0 Å². The molecule has 0 N–H and O–H groups in total. The highest BCUT2D eigenvalue weighted by Gasteiger charge is 2.07. The van der Waals surface area contributed by atoms with E-state index in [1.54, 1.807) is 0 Å². The van der Waals surface area contributed by atoms with E-state index >= 15 is 0 Å². The molecular weight excluding hydrogens is 214 g/mol. The van der Waals surface area contributed by atoms with Crippen LogP contribution in [0.4, 0.5) is 0 Å². The van der Waals surface area contributed by atoms with Crippen molar-refractivity contribution in [1.82, 2.24) is 4.90 Å². The first-order valence-corrected chi connectivity index (χ1v) is 6.72. The molecule has 1 rings (SSSR count). The molecule has 0 aliphatic rings. The third-order valence-electron chi connectivity index (χ3n) is 2.97. The first-order chi connectivity index (χ1) is 7.76. The Balaban J connectivity index is 2.27. The van der Waals surface area contributed by atoms with E-state index < -0.39 is 0 Å². The highest BCUT2D eigenvalue weighted by molar-refractivity contribution is 7.81. The first-order valence-electron chi connectivity index (χ1n) is 6.20. The number of nitrogens with zero attached hydrogens (tertiary/aromatic N) is 1. The van der Waals surface area contributed by atoms with E-state index in [-0.39, 0.29) is 0 Å². The molecule has 0 bridgehead atoms. The van der Waals surface area contributed by atoms with Gasteiger partial charge in [-0.05, 0) is 31.5 Å². The van der Waals surface area contributed by atoms with Gasteiger partial charge in [-0.2, -0.15) is 12.6 Å². The summed E-state index contributed by atoms with van der Waals surface area (Å²) < 4.78 is 0. The molecule has 0 fully saturated rings. The Hall–Kier alpha value is -0.470. The van der Waals surface area contributed by atoms with Crippen molar-refractivity contribution in [2.24, 2.45) is 0 Å². The third-order valence-corrected chi connectivity index (χ3v) is 3.39. The lowest BCUT2D eigenvalue weighted by Gasteiger charge is -2.22. The van der Waals surface area contributed by atoms with Crippen LogP contribution >= 0.6 is 12.6 Å². The largest absolute Gasteiger partial charge is 0.303 e. The summed E-state index contributed by atoms with van der Waals surface area (Å²) in [7, 11) is 0. The maximum Gasteiger partial charge on any atom is 0.0147 e. The van der Waals surface area contributed by atoms with Gasteiger partial charge in [0, 0.05) is 11.8 Å². The van der Waals surface area contributed by atoms with Crippen molar-refractivity contribution in [2.45, 2.75) is 31.9 Å². The molecule has 0 aromatic heterocycles. The molecule has 0 aliphatic carbocycles. The summed E-state index contributed by atoms with van der Waals surface area (Å²) >= 11 is 4.67. The maximum atomic E-state index is 4.67. The molecule has 1 atom stereocenters. The molecule has 0 radical (unpaired) electrons. The second-order valence-corrected chi connectivity index (χ2v) is 4.89. The average Bonchev–Trinajstić information content (AvgIpc) is 2.34. The van der Waals surface area contributed by atoms with Crippen LogP contribution < -0.4 is 0 Å². The predicted octanol–water partition coefficient (Wildman–Crippen LogP) is 3.26. The predicted molar refractivity (Wildman–Crippen MR) is 75.3 cm³/mol. The van der Waals surface area contributed by atoms with Crippen molar-refractivity contribution in [3.05, 3.63) is 35.9 Å². The second-order valence-electron chi connectivity index (χ2n) is 4.16. The van der Waals surface area contributed by atoms with Crippen molar-refractivity contribution in [1.29, 1.82) is 0 Å². The van der Waals surface area contributed by atoms with Crippen molar-refractivity contribution in [3.63, 3.8) is 0 Å². The van der Waals surface area contributed by atoms with Crippen molar-refractivity contribution in [2.75, 3.05) is 19.6 Å². The summed E-state index contributed by atoms with van der Waals surface area (Å²) in [4.78, 5) is 2.43. The Labute approximate surface area is 105 Å². The van der Waals surface area contributed by atoms with Gasteiger partial charge in [-0.25, -0.2) is 0 Å². The normalized spacial score (nSPS) is 13.0. The summed E-state index contributed by atoms with van der Waals surface area (Å²) in [5.74, 6) is 0. The van der Waals surface area contributed by atoms with Gasteiger partial charge in [0.05, 0.1) is 0 Å². The molecule has 16 heavy (non-hydrogen) atoms. The van der Waals surface area contributed by atoms with E-state index in [0.717, 1.165) is 32.5 Å². The standard InChI is InChI=1S/C14H23NS/c1-3-15(4-2)12-14(16)11-10-13-8-6-5-7-9-13/h5-9,14,16H,3-4,10-12H2,1-2H3. The monoisotopic (exact) mass is 237 g/mol. The van der Waals surface area contributed by atoms with Crippen LogP contribution in [-0.2, 0) is 6.42 Å². The molecule has 1 unspecified atom stereocenters. The lowest BCUT2D eigenvalue weighted by molar-refractivity contribution is 0.302. The van der Waals surface area contributed by atoms with E-state index in [9.17, 15) is 0 Å². The molecule has 0 amide bonds. The Kier molecular flexibility index (Phi) is 6.58. The topological polar surface area (TPSA) is 3.24 Å². The Morgan fingerprint density at radius 3 is 2.31 bits per heavy atom. The van der Waals surface area contributed by atoms with Crippen LogP contribution in [-0.4, -0.2) is 29.8 Å². The zero-order valence-electron chi connectivity index (χ0n) is 10.4. The molecule has 0 spiro atoms. The van der Waals surface area contributed by atoms with E-state index in [4.69, 9.17) is 0 Å². The minimum absolute atomic E-state index is 0.486. The summed E-state index contributed by atoms with van der Waals surface area (Å²) in [6.07, 6.45) is 2.29. The molecule has 1 aromatic carbocycles. The van der Waals surface area contributed by atoms with Gasteiger partial charge >= 0.3 is 0 Å². The minimum Gasteiger partial charge on any atom is -0.303 e. The van der Waals surface area contributed by atoms with Gasteiger partial charge in [0.1, 0.15) is 0 Å². The maximum absolute atomic E-state index is 4.67.